The minimum Gasteiger partial charge on any atom is -0.511 e. The van der Waals surface area contributed by atoms with Gasteiger partial charge in [-0.1, -0.05) is 23.4 Å². The quantitative estimate of drug-likeness (QED) is 0.161. The van der Waals surface area contributed by atoms with Crippen LogP contribution in [0.2, 0.25) is 0 Å². The SMILES string of the molecule is BC(B)(B)Oc1cccc(OC(B)(B)B)c1-n1c(COCC)nc(=O)c(-c2nnc(Cc3noc4ccccc34)o2)c1O. The molecule has 0 bridgehead atoms. The average molecular weight is 576 g/mol. The summed E-state index contributed by atoms with van der Waals surface area (Å²) in [5.74, 6) is 0.393. The molecule has 0 radical (unpaired) electrons. The first-order valence-electron chi connectivity index (χ1n) is 13.9. The Balaban J connectivity index is 1.68. The monoisotopic (exact) mass is 577 g/mol. The van der Waals surface area contributed by atoms with Crippen LogP contribution in [0.15, 0.2) is 56.2 Å². The van der Waals surface area contributed by atoms with Crippen LogP contribution in [-0.2, 0) is 17.8 Å². The summed E-state index contributed by atoms with van der Waals surface area (Å²) in [5, 5.41) is 23.7. The summed E-state index contributed by atoms with van der Waals surface area (Å²) in [5.41, 5.74) is 0.502. The van der Waals surface area contributed by atoms with Crippen molar-refractivity contribution in [2.45, 2.75) is 30.5 Å². The van der Waals surface area contributed by atoms with Crippen LogP contribution in [0, 0.1) is 0 Å². The first-order valence-corrected chi connectivity index (χ1v) is 13.9. The van der Waals surface area contributed by atoms with Crippen LogP contribution < -0.4 is 15.0 Å². The molecule has 0 aliphatic rings. The molecular weight excluding hydrogens is 547 g/mol. The molecule has 0 saturated heterocycles. The summed E-state index contributed by atoms with van der Waals surface area (Å²) in [6.07, 6.45) is 0.153. The van der Waals surface area contributed by atoms with Crippen LogP contribution in [0.5, 0.6) is 17.4 Å². The lowest BCUT2D eigenvalue weighted by molar-refractivity contribution is 0.125. The van der Waals surface area contributed by atoms with Crippen LogP contribution >= 0.6 is 0 Å². The summed E-state index contributed by atoms with van der Waals surface area (Å²) in [6, 6.07) is 12.7. The van der Waals surface area contributed by atoms with Crippen molar-refractivity contribution in [1.82, 2.24) is 24.9 Å². The van der Waals surface area contributed by atoms with Gasteiger partial charge >= 0.3 is 0 Å². The molecule has 43 heavy (non-hydrogen) atoms. The number of para-hydroxylation sites is 2. The highest BCUT2D eigenvalue weighted by Gasteiger charge is 2.29. The number of hydrogen-bond donors (Lipinski definition) is 1. The Morgan fingerprint density at radius 1 is 0.953 bits per heavy atom. The van der Waals surface area contributed by atoms with Crippen LogP contribution in [0.3, 0.4) is 0 Å². The van der Waals surface area contributed by atoms with E-state index in [0.717, 1.165) is 5.39 Å². The fraction of sp³-hybridized carbons (Fsp3) is 0.240. The second-order valence-electron chi connectivity index (χ2n) is 11.8. The van der Waals surface area contributed by atoms with Gasteiger partial charge in [0.05, 0.1) is 6.42 Å². The second kappa shape index (κ2) is 11.8. The van der Waals surface area contributed by atoms with Crippen LogP contribution in [0.25, 0.3) is 28.1 Å². The molecule has 0 unspecified atom stereocenters. The van der Waals surface area contributed by atoms with E-state index < -0.39 is 22.0 Å². The van der Waals surface area contributed by atoms with Crippen molar-refractivity contribution in [3.8, 4) is 34.5 Å². The first kappa shape index (κ1) is 30.1. The zero-order valence-corrected chi connectivity index (χ0v) is 25.3. The molecule has 12 nitrogen and oxygen atoms in total. The Morgan fingerprint density at radius 3 is 2.28 bits per heavy atom. The number of nitrogens with zero attached hydrogens (tertiary/aromatic N) is 5. The zero-order valence-electron chi connectivity index (χ0n) is 25.3. The Hall–Kier alpha value is -4.32. The molecule has 0 atom stereocenters. The smallest absolute Gasteiger partial charge is 0.289 e. The topological polar surface area (TPSA) is 148 Å². The van der Waals surface area contributed by atoms with Gasteiger partial charge in [-0.15, -0.1) is 10.2 Å². The van der Waals surface area contributed by atoms with E-state index in [1.54, 1.807) is 24.3 Å². The summed E-state index contributed by atoms with van der Waals surface area (Å²) < 4.78 is 30.9. The lowest BCUT2D eigenvalue weighted by Gasteiger charge is -2.29. The molecule has 214 valence electrons. The van der Waals surface area contributed by atoms with Gasteiger partial charge in [-0.2, -0.15) is 4.98 Å². The fourth-order valence-electron chi connectivity index (χ4n) is 4.45. The molecule has 2 aromatic carbocycles. The average Bonchev–Trinajstić information content (AvgIpc) is 3.54. The predicted molar refractivity (Wildman–Crippen MR) is 175 cm³/mol. The van der Waals surface area contributed by atoms with E-state index in [1.165, 1.54) is 4.57 Å². The molecule has 0 fully saturated rings. The van der Waals surface area contributed by atoms with Gasteiger partial charge < -0.3 is 28.3 Å². The largest absolute Gasteiger partial charge is 0.511 e. The molecule has 3 heterocycles. The van der Waals surface area contributed by atoms with Crippen LogP contribution in [0.1, 0.15) is 24.3 Å². The van der Waals surface area contributed by atoms with Gasteiger partial charge in [-0.3, -0.25) is 9.36 Å². The van der Waals surface area contributed by atoms with Gasteiger partial charge in [-0.05, 0) is 31.2 Å². The summed E-state index contributed by atoms with van der Waals surface area (Å²) in [4.78, 5) is 17.7. The standard InChI is InChI=1S/C25H29B6N5O7/c1-2-39-11-17-32-21(37)19(22-34-33-18(40-22)10-13-12-6-3-4-7-14(12)43-35-13)23(38)36(17)20-15(41-24(26,27)28)8-5-9-16(20)42-25(29,30)31/h3-9,38H,2,10-11,26-31H2,1H3. The van der Waals surface area contributed by atoms with Crippen molar-refractivity contribution in [1.29, 1.82) is 0 Å². The minimum absolute atomic E-state index is 0.0767. The molecule has 0 spiro atoms. The highest BCUT2D eigenvalue weighted by molar-refractivity contribution is 6.58. The van der Waals surface area contributed by atoms with Gasteiger partial charge in [0.1, 0.15) is 82.4 Å². The Bertz CT molecular complexity index is 1800. The molecule has 0 amide bonds. The van der Waals surface area contributed by atoms with E-state index in [4.69, 9.17) is 23.2 Å². The highest BCUT2D eigenvalue weighted by Crippen LogP contribution is 2.40. The predicted octanol–water partition coefficient (Wildman–Crippen LogP) is -2.96. The number of aromatic hydroxyl groups is 1. The molecule has 1 N–H and O–H groups in total. The van der Waals surface area contributed by atoms with E-state index in [9.17, 15) is 9.90 Å². The number of hydrogen-bond acceptors (Lipinski definition) is 11. The Kier molecular flexibility index (Phi) is 8.24. The van der Waals surface area contributed by atoms with Crippen molar-refractivity contribution in [3.63, 3.8) is 0 Å². The highest BCUT2D eigenvalue weighted by atomic mass is 16.5. The maximum Gasteiger partial charge on any atom is 0.289 e. The van der Waals surface area contributed by atoms with Gasteiger partial charge in [0.25, 0.3) is 11.4 Å². The second-order valence-corrected chi connectivity index (χ2v) is 11.8. The van der Waals surface area contributed by atoms with Crippen molar-refractivity contribution in [2.24, 2.45) is 0 Å². The molecule has 3 aromatic heterocycles. The first-order chi connectivity index (χ1) is 20.3. The van der Waals surface area contributed by atoms with E-state index in [1.807, 2.05) is 72.2 Å². The summed E-state index contributed by atoms with van der Waals surface area (Å²) >= 11 is 0. The van der Waals surface area contributed by atoms with Gasteiger partial charge in [0.2, 0.25) is 11.8 Å². The number of benzene rings is 2. The van der Waals surface area contributed by atoms with Crippen molar-refractivity contribution in [2.75, 3.05) is 6.61 Å². The van der Waals surface area contributed by atoms with Crippen molar-refractivity contribution >= 4 is 58.0 Å². The minimum atomic E-state index is -0.766. The maximum absolute atomic E-state index is 13.4. The van der Waals surface area contributed by atoms with Crippen LogP contribution in [-0.4, -0.2) is 94.3 Å². The molecule has 0 aliphatic carbocycles. The maximum atomic E-state index is 13.4. The summed E-state index contributed by atoms with van der Waals surface area (Å²) in [6.45, 7) is 2.10. The fourth-order valence-corrected chi connectivity index (χ4v) is 4.45. The zero-order chi connectivity index (χ0) is 30.9. The van der Waals surface area contributed by atoms with Crippen molar-refractivity contribution in [3.05, 3.63) is 70.2 Å². The van der Waals surface area contributed by atoms with Crippen molar-refractivity contribution < 1.29 is 28.3 Å². The molecule has 5 rings (SSSR count). The molecular formula is C25H29B6N5O7. The van der Waals surface area contributed by atoms with Gasteiger partial charge in [0, 0.05) is 22.6 Å². The molecule has 0 aliphatic heterocycles. The third kappa shape index (κ3) is 6.69. The third-order valence-corrected chi connectivity index (χ3v) is 6.04. The number of ether oxygens (including phenoxy) is 3. The number of aromatic nitrogens is 5. The molecule has 18 heteroatoms. The van der Waals surface area contributed by atoms with Gasteiger partial charge in [-0.25, -0.2) is 0 Å². The normalized spacial score (nSPS) is 12.0. The number of fused-ring (bicyclic) bond motifs is 1. The van der Waals surface area contributed by atoms with E-state index in [2.05, 4.69) is 20.3 Å². The number of rotatable bonds is 11. The van der Waals surface area contributed by atoms with E-state index in [0.29, 0.717) is 35.1 Å². The molecule has 0 saturated carbocycles. The lowest BCUT2D eigenvalue weighted by Crippen LogP contribution is -2.39. The molecule has 5 aromatic rings. The van der Waals surface area contributed by atoms with Crippen LogP contribution in [0.4, 0.5) is 0 Å². The third-order valence-electron chi connectivity index (χ3n) is 6.04. The lowest BCUT2D eigenvalue weighted by atomic mass is 9.52. The summed E-state index contributed by atoms with van der Waals surface area (Å²) in [7, 11) is 11.4. The Labute approximate surface area is 252 Å². The van der Waals surface area contributed by atoms with E-state index in [-0.39, 0.29) is 36.2 Å². The van der Waals surface area contributed by atoms with Gasteiger partial charge in [0.15, 0.2) is 11.1 Å². The Morgan fingerprint density at radius 2 is 1.63 bits per heavy atom. The van der Waals surface area contributed by atoms with E-state index >= 15 is 0 Å².